The topological polar surface area (TPSA) is 168 Å². The van der Waals surface area contributed by atoms with E-state index in [9.17, 15) is 30.3 Å². The number of hydrogen-bond donors (Lipinski definition) is 0. The van der Waals surface area contributed by atoms with Crippen molar-refractivity contribution in [3.05, 3.63) is 128 Å². The number of non-ortho nitro benzene ring substituents is 3. The molecule has 0 fully saturated rings. The minimum absolute atomic E-state index is 0.0415. The smallest absolute Gasteiger partial charge is 0.258 e. The quantitative estimate of drug-likeness (QED) is 0.112. The first-order valence-corrected chi connectivity index (χ1v) is 12.9. The largest absolute Gasteiger partial charge is 0.269 e. The number of nitrogens with zero attached hydrogens (tertiary/aromatic N) is 6. The molecule has 7 rings (SSSR count). The third-order valence-electron chi connectivity index (χ3n) is 7.37. The second-order valence-corrected chi connectivity index (χ2v) is 9.81. The van der Waals surface area contributed by atoms with Crippen molar-refractivity contribution in [1.29, 1.82) is 0 Å². The Labute approximate surface area is 240 Å². The molecule has 5 aromatic carbocycles. The van der Waals surface area contributed by atoms with E-state index in [1.54, 1.807) is 42.6 Å². The van der Waals surface area contributed by atoms with Crippen LogP contribution >= 0.6 is 0 Å². The maximum Gasteiger partial charge on any atom is 0.269 e. The van der Waals surface area contributed by atoms with Crippen LogP contribution in [0.3, 0.4) is 0 Å². The number of pyridine rings is 1. The van der Waals surface area contributed by atoms with Gasteiger partial charge in [0.15, 0.2) is 5.82 Å². The zero-order chi connectivity index (χ0) is 29.8. The van der Waals surface area contributed by atoms with Crippen molar-refractivity contribution in [2.75, 3.05) is 0 Å². The lowest BCUT2D eigenvalue weighted by atomic mass is 9.91. The summed E-state index contributed by atoms with van der Waals surface area (Å²) in [7, 11) is 0. The molecule has 7 aromatic rings. The molecular weight excluding hydrogens is 552 g/mol. The summed E-state index contributed by atoms with van der Waals surface area (Å²) < 4.78 is 0. The Kier molecular flexibility index (Phi) is 5.70. The van der Waals surface area contributed by atoms with Crippen LogP contribution in [0, 0.1) is 30.3 Å². The van der Waals surface area contributed by atoms with Crippen LogP contribution in [-0.2, 0) is 0 Å². The van der Waals surface area contributed by atoms with E-state index in [4.69, 9.17) is 15.0 Å². The lowest BCUT2D eigenvalue weighted by Gasteiger charge is -2.17. The predicted molar refractivity (Wildman–Crippen MR) is 160 cm³/mol. The van der Waals surface area contributed by atoms with Crippen LogP contribution in [0.2, 0.25) is 0 Å². The van der Waals surface area contributed by atoms with Gasteiger partial charge in [-0.05, 0) is 54.1 Å². The second-order valence-electron chi connectivity index (χ2n) is 9.81. The molecule has 2 heterocycles. The Morgan fingerprint density at radius 1 is 0.558 bits per heavy atom. The fourth-order valence-corrected chi connectivity index (χ4v) is 5.32. The zero-order valence-corrected chi connectivity index (χ0v) is 21.9. The molecule has 0 saturated heterocycles. The fraction of sp³-hybridized carbons (Fsp3) is 0. The third-order valence-corrected chi connectivity index (χ3v) is 7.37. The molecule has 0 amide bonds. The van der Waals surface area contributed by atoms with Gasteiger partial charge >= 0.3 is 0 Å². The summed E-state index contributed by atoms with van der Waals surface area (Å²) in [6.07, 6.45) is 1.73. The summed E-state index contributed by atoms with van der Waals surface area (Å²) >= 11 is 0. The molecular formula is C31H16N6O6. The third kappa shape index (κ3) is 4.21. The van der Waals surface area contributed by atoms with E-state index in [0.29, 0.717) is 44.8 Å². The summed E-state index contributed by atoms with van der Waals surface area (Å²) in [6, 6.07) is 23.9. The van der Waals surface area contributed by atoms with Gasteiger partial charge < -0.3 is 0 Å². The first kappa shape index (κ1) is 25.5. The number of nitro benzene ring substituents is 3. The van der Waals surface area contributed by atoms with E-state index >= 15 is 0 Å². The fourth-order valence-electron chi connectivity index (χ4n) is 5.32. The van der Waals surface area contributed by atoms with Gasteiger partial charge in [0.1, 0.15) is 0 Å². The van der Waals surface area contributed by atoms with Crippen LogP contribution < -0.4 is 0 Å². The van der Waals surface area contributed by atoms with Crippen molar-refractivity contribution in [3.8, 4) is 33.8 Å². The number of rotatable bonds is 6. The molecule has 0 bridgehead atoms. The molecule has 0 aliphatic heterocycles. The molecule has 0 aliphatic rings. The van der Waals surface area contributed by atoms with Gasteiger partial charge in [0.05, 0.1) is 31.5 Å². The van der Waals surface area contributed by atoms with Gasteiger partial charge in [-0.3, -0.25) is 35.3 Å². The van der Waals surface area contributed by atoms with Gasteiger partial charge in [0.25, 0.3) is 17.1 Å². The summed E-state index contributed by atoms with van der Waals surface area (Å²) in [5, 5.41) is 37.0. The van der Waals surface area contributed by atoms with Gasteiger partial charge in [-0.1, -0.05) is 6.07 Å². The Morgan fingerprint density at radius 3 is 1.65 bits per heavy atom. The van der Waals surface area contributed by atoms with Crippen molar-refractivity contribution in [2.45, 2.75) is 0 Å². The zero-order valence-electron chi connectivity index (χ0n) is 21.9. The van der Waals surface area contributed by atoms with Crippen molar-refractivity contribution < 1.29 is 14.8 Å². The lowest BCUT2D eigenvalue weighted by Crippen LogP contribution is -1.98. The molecule has 0 saturated carbocycles. The van der Waals surface area contributed by atoms with Crippen LogP contribution in [0.25, 0.3) is 66.4 Å². The Bertz CT molecular complexity index is 2250. The molecule has 0 aliphatic carbocycles. The molecule has 0 unspecified atom stereocenters. The van der Waals surface area contributed by atoms with E-state index in [1.807, 2.05) is 18.2 Å². The van der Waals surface area contributed by atoms with Crippen molar-refractivity contribution in [2.24, 2.45) is 0 Å². The van der Waals surface area contributed by atoms with Gasteiger partial charge in [-0.15, -0.1) is 0 Å². The average Bonchev–Trinajstić information content (AvgIpc) is 3.03. The van der Waals surface area contributed by atoms with Crippen LogP contribution in [0.5, 0.6) is 0 Å². The molecule has 12 nitrogen and oxygen atoms in total. The van der Waals surface area contributed by atoms with Gasteiger partial charge in [-0.2, -0.15) is 0 Å². The highest BCUT2D eigenvalue weighted by Gasteiger charge is 2.21. The molecule has 0 radical (unpaired) electrons. The lowest BCUT2D eigenvalue weighted by molar-refractivity contribution is -0.385. The van der Waals surface area contributed by atoms with Crippen molar-refractivity contribution in [1.82, 2.24) is 15.0 Å². The highest BCUT2D eigenvalue weighted by molar-refractivity contribution is 6.26. The maximum atomic E-state index is 11.3. The van der Waals surface area contributed by atoms with E-state index in [1.165, 1.54) is 36.4 Å². The molecule has 2 aromatic heterocycles. The molecule has 0 N–H and O–H groups in total. The van der Waals surface area contributed by atoms with E-state index in [0.717, 1.165) is 21.5 Å². The Balaban J connectivity index is 1.54. The first-order chi connectivity index (χ1) is 20.8. The number of hydrogen-bond acceptors (Lipinski definition) is 9. The van der Waals surface area contributed by atoms with Crippen LogP contribution in [0.15, 0.2) is 97.2 Å². The molecule has 0 spiro atoms. The Hall–Kier alpha value is -6.43. The second kappa shape index (κ2) is 9.59. The van der Waals surface area contributed by atoms with Gasteiger partial charge in [0.2, 0.25) is 0 Å². The van der Waals surface area contributed by atoms with Gasteiger partial charge in [0, 0.05) is 80.8 Å². The minimum atomic E-state index is -0.478. The Morgan fingerprint density at radius 2 is 1.09 bits per heavy atom. The summed E-state index contributed by atoms with van der Waals surface area (Å²) in [5.74, 6) is 0.359. The number of aromatic nitrogens is 3. The van der Waals surface area contributed by atoms with Crippen LogP contribution in [0.4, 0.5) is 17.1 Å². The summed E-state index contributed by atoms with van der Waals surface area (Å²) in [5.41, 5.74) is 4.24. The predicted octanol–water partition coefficient (Wildman–Crippen LogP) is 7.49. The van der Waals surface area contributed by atoms with Crippen molar-refractivity contribution >= 4 is 49.6 Å². The van der Waals surface area contributed by atoms with Crippen molar-refractivity contribution in [3.63, 3.8) is 0 Å². The SMILES string of the molecule is O=[N+]([O-])c1ccc(-c2nc3ccc4cnc(-c5ccc([N+](=O)[O-])cc5)c5cc(-c6ccc([N+](=O)[O-])cc6)c(n2)c3c45)cc1. The van der Waals surface area contributed by atoms with Crippen LogP contribution in [-0.4, -0.2) is 29.7 Å². The summed E-state index contributed by atoms with van der Waals surface area (Å²) in [6.45, 7) is 0. The van der Waals surface area contributed by atoms with E-state index in [-0.39, 0.29) is 17.1 Å². The normalized spacial score (nSPS) is 11.3. The first-order valence-electron chi connectivity index (χ1n) is 12.9. The number of benzene rings is 5. The highest BCUT2D eigenvalue weighted by atomic mass is 16.6. The minimum Gasteiger partial charge on any atom is -0.258 e. The molecule has 43 heavy (non-hydrogen) atoms. The molecule has 12 heteroatoms. The molecule has 206 valence electrons. The number of nitro groups is 3. The summed E-state index contributed by atoms with van der Waals surface area (Å²) in [4.78, 5) is 46.8. The molecule has 0 atom stereocenters. The standard InChI is InChI=1S/C31H16N6O6/c38-35(39)21-8-1-17(2-9-21)24-15-25-27-20(16-32-29(25)18-3-10-22(11-4-18)36(40)41)7-14-26-28(27)30(24)34-31(33-26)19-5-12-23(13-6-19)37(42)43/h1-16H. The van der Waals surface area contributed by atoms with E-state index < -0.39 is 14.8 Å². The van der Waals surface area contributed by atoms with E-state index in [2.05, 4.69) is 0 Å². The average molecular weight is 569 g/mol. The highest BCUT2D eigenvalue weighted by Crippen LogP contribution is 2.43. The van der Waals surface area contributed by atoms with Crippen LogP contribution in [0.1, 0.15) is 0 Å². The van der Waals surface area contributed by atoms with Gasteiger partial charge in [-0.25, -0.2) is 9.97 Å². The maximum absolute atomic E-state index is 11.3. The monoisotopic (exact) mass is 568 g/mol.